The zero-order chi connectivity index (χ0) is 34.6. The summed E-state index contributed by atoms with van der Waals surface area (Å²) in [6.07, 6.45) is 0. The predicted octanol–water partition coefficient (Wildman–Crippen LogP) is 13.4. The van der Waals surface area contributed by atoms with E-state index < -0.39 is 0 Å². The molecule has 0 spiro atoms. The molecule has 10 aromatic rings. The lowest BCUT2D eigenvalue weighted by molar-refractivity contribution is 1.18. The molecule has 8 aromatic carbocycles. The van der Waals surface area contributed by atoms with Gasteiger partial charge < -0.3 is 9.13 Å². The molecule has 0 atom stereocenters. The zero-order valence-electron chi connectivity index (χ0n) is 28.2. The first-order chi connectivity index (χ1) is 25.8. The first-order valence-electron chi connectivity index (χ1n) is 17.6. The molecular formula is C49H31N3. The van der Waals surface area contributed by atoms with Crippen molar-refractivity contribution in [2.24, 2.45) is 0 Å². The molecule has 10 rings (SSSR count). The van der Waals surface area contributed by atoms with Crippen molar-refractivity contribution in [1.82, 2.24) is 9.13 Å². The lowest BCUT2D eigenvalue weighted by atomic mass is 9.94. The summed E-state index contributed by atoms with van der Waals surface area (Å²) >= 11 is 0. The number of benzene rings is 8. The summed E-state index contributed by atoms with van der Waals surface area (Å²) in [7, 11) is 0. The van der Waals surface area contributed by atoms with E-state index in [1.807, 2.05) is 24.3 Å². The molecule has 2 aromatic heterocycles. The van der Waals surface area contributed by atoms with Crippen LogP contribution in [0.15, 0.2) is 188 Å². The van der Waals surface area contributed by atoms with Crippen molar-refractivity contribution in [3.63, 3.8) is 0 Å². The van der Waals surface area contributed by atoms with Crippen LogP contribution in [-0.2, 0) is 0 Å². The molecule has 0 saturated heterocycles. The van der Waals surface area contributed by atoms with Crippen molar-refractivity contribution in [2.75, 3.05) is 0 Å². The molecule has 0 aliphatic heterocycles. The molecule has 0 amide bonds. The Labute approximate surface area is 301 Å². The van der Waals surface area contributed by atoms with Gasteiger partial charge in [0.25, 0.3) is 0 Å². The van der Waals surface area contributed by atoms with Gasteiger partial charge in [0.1, 0.15) is 0 Å². The first-order valence-corrected chi connectivity index (χ1v) is 17.6. The van der Waals surface area contributed by atoms with Gasteiger partial charge >= 0.3 is 0 Å². The van der Waals surface area contributed by atoms with Crippen molar-refractivity contribution in [2.45, 2.75) is 0 Å². The lowest BCUT2D eigenvalue weighted by Gasteiger charge is -2.20. The molecular weight excluding hydrogens is 631 g/mol. The number of para-hydroxylation sites is 3. The summed E-state index contributed by atoms with van der Waals surface area (Å²) < 4.78 is 4.77. The van der Waals surface area contributed by atoms with Crippen molar-refractivity contribution in [3.8, 4) is 44.8 Å². The SMILES string of the molecule is [C-]#[N+]c1cc(-c2ccccc2)c(-n2c3ccccc3c3cc(-c4ccc5c(c4)c4ccccc4n5-c4ccccc4)ccc32)c(-c2ccccc2)c1. The van der Waals surface area contributed by atoms with Crippen molar-refractivity contribution < 1.29 is 0 Å². The Morgan fingerprint density at radius 3 is 1.29 bits per heavy atom. The van der Waals surface area contributed by atoms with Gasteiger partial charge in [-0.25, -0.2) is 4.85 Å². The topological polar surface area (TPSA) is 14.2 Å². The molecule has 0 N–H and O–H groups in total. The minimum absolute atomic E-state index is 0.619. The van der Waals surface area contributed by atoms with E-state index in [4.69, 9.17) is 6.57 Å². The van der Waals surface area contributed by atoms with E-state index in [-0.39, 0.29) is 0 Å². The summed E-state index contributed by atoms with van der Waals surface area (Å²) in [6, 6.07) is 66.7. The van der Waals surface area contributed by atoms with Gasteiger partial charge in [-0.05, 0) is 94.0 Å². The molecule has 0 unspecified atom stereocenters. The second-order valence-corrected chi connectivity index (χ2v) is 13.2. The van der Waals surface area contributed by atoms with Crippen LogP contribution >= 0.6 is 0 Å². The van der Waals surface area contributed by atoms with Gasteiger partial charge in [0.05, 0.1) is 34.3 Å². The Balaban J connectivity index is 1.23. The second kappa shape index (κ2) is 12.0. The first kappa shape index (κ1) is 29.7. The van der Waals surface area contributed by atoms with Crippen LogP contribution in [0.1, 0.15) is 0 Å². The molecule has 0 bridgehead atoms. The van der Waals surface area contributed by atoms with E-state index in [0.29, 0.717) is 5.69 Å². The maximum atomic E-state index is 8.03. The third-order valence-corrected chi connectivity index (χ3v) is 10.3. The van der Waals surface area contributed by atoms with Crippen LogP contribution in [0.3, 0.4) is 0 Å². The van der Waals surface area contributed by atoms with E-state index in [1.54, 1.807) is 0 Å². The monoisotopic (exact) mass is 661 g/mol. The standard InChI is InChI=1S/C49H31N3/c1-50-37-31-41(33-15-5-2-6-16-33)49(42(32-37)34-17-7-3-8-18-34)52-46-24-14-12-22-40(46)44-30-36(26-28-48(44)52)35-25-27-47-43(29-35)39-21-11-13-23-45(39)51(47)38-19-9-4-10-20-38/h2-32H. The highest BCUT2D eigenvalue weighted by Gasteiger charge is 2.21. The van der Waals surface area contributed by atoms with Gasteiger partial charge in [-0.1, -0.05) is 127 Å². The second-order valence-electron chi connectivity index (χ2n) is 13.2. The van der Waals surface area contributed by atoms with E-state index in [2.05, 4.69) is 178 Å². The summed E-state index contributed by atoms with van der Waals surface area (Å²) in [5.41, 5.74) is 14.0. The van der Waals surface area contributed by atoms with Gasteiger partial charge in [0.15, 0.2) is 5.69 Å². The third kappa shape index (κ3) is 4.66. The Bertz CT molecular complexity index is 2940. The van der Waals surface area contributed by atoms with Gasteiger partial charge in [-0.3, -0.25) is 0 Å². The molecule has 3 nitrogen and oxygen atoms in total. The van der Waals surface area contributed by atoms with E-state index in [9.17, 15) is 0 Å². The molecule has 0 saturated carbocycles. The van der Waals surface area contributed by atoms with Crippen LogP contribution in [0, 0.1) is 6.57 Å². The van der Waals surface area contributed by atoms with E-state index >= 15 is 0 Å². The Morgan fingerprint density at radius 2 is 0.769 bits per heavy atom. The van der Waals surface area contributed by atoms with E-state index in [1.165, 1.54) is 43.7 Å². The highest BCUT2D eigenvalue weighted by Crippen LogP contribution is 2.44. The van der Waals surface area contributed by atoms with Crippen LogP contribution in [0.5, 0.6) is 0 Å². The lowest BCUT2D eigenvalue weighted by Crippen LogP contribution is -2.00. The van der Waals surface area contributed by atoms with Crippen molar-refractivity contribution in [1.29, 1.82) is 0 Å². The van der Waals surface area contributed by atoms with Crippen LogP contribution in [0.25, 0.3) is 93.2 Å². The number of aromatic nitrogens is 2. The highest BCUT2D eigenvalue weighted by atomic mass is 15.0. The van der Waals surface area contributed by atoms with Crippen LogP contribution in [0.4, 0.5) is 5.69 Å². The summed E-state index contributed by atoms with van der Waals surface area (Å²) in [6.45, 7) is 8.03. The van der Waals surface area contributed by atoms with Crippen LogP contribution in [-0.4, -0.2) is 9.13 Å². The van der Waals surface area contributed by atoms with Crippen molar-refractivity contribution in [3.05, 3.63) is 199 Å². The highest BCUT2D eigenvalue weighted by molar-refractivity contribution is 6.13. The Morgan fingerprint density at radius 1 is 0.346 bits per heavy atom. The molecule has 0 radical (unpaired) electrons. The minimum atomic E-state index is 0.619. The van der Waals surface area contributed by atoms with Crippen LogP contribution < -0.4 is 0 Å². The van der Waals surface area contributed by atoms with Gasteiger partial charge in [0.2, 0.25) is 0 Å². The number of nitrogens with zero attached hydrogens (tertiary/aromatic N) is 3. The number of fused-ring (bicyclic) bond motifs is 6. The quantitative estimate of drug-likeness (QED) is 0.163. The molecule has 52 heavy (non-hydrogen) atoms. The third-order valence-electron chi connectivity index (χ3n) is 10.3. The van der Waals surface area contributed by atoms with Gasteiger partial charge in [0, 0.05) is 27.2 Å². The fraction of sp³-hybridized carbons (Fsp3) is 0. The molecule has 2 heterocycles. The molecule has 242 valence electrons. The van der Waals surface area contributed by atoms with Crippen LogP contribution in [0.2, 0.25) is 0 Å². The zero-order valence-corrected chi connectivity index (χ0v) is 28.2. The average Bonchev–Trinajstić information content (AvgIpc) is 3.73. The normalized spacial score (nSPS) is 11.4. The largest absolute Gasteiger partial charge is 0.309 e. The number of hydrogen-bond acceptors (Lipinski definition) is 0. The summed E-state index contributed by atoms with van der Waals surface area (Å²) in [5.74, 6) is 0. The fourth-order valence-electron chi connectivity index (χ4n) is 8.00. The smallest absolute Gasteiger partial charge is 0.188 e. The Hall–Kier alpha value is -7.15. The molecule has 0 fully saturated rings. The predicted molar refractivity (Wildman–Crippen MR) is 218 cm³/mol. The Kier molecular flexibility index (Phi) is 6.87. The van der Waals surface area contributed by atoms with Gasteiger partial charge in [-0.15, -0.1) is 0 Å². The maximum absolute atomic E-state index is 8.03. The average molecular weight is 662 g/mol. The summed E-state index contributed by atoms with van der Waals surface area (Å²) in [5, 5.41) is 4.85. The van der Waals surface area contributed by atoms with Gasteiger partial charge in [-0.2, -0.15) is 0 Å². The fourth-order valence-corrected chi connectivity index (χ4v) is 8.00. The number of rotatable bonds is 5. The maximum Gasteiger partial charge on any atom is 0.188 e. The van der Waals surface area contributed by atoms with Crippen molar-refractivity contribution >= 4 is 49.3 Å². The molecule has 0 aliphatic carbocycles. The molecule has 0 aliphatic rings. The molecule has 3 heteroatoms. The number of hydrogen-bond donors (Lipinski definition) is 0. The minimum Gasteiger partial charge on any atom is -0.309 e. The summed E-state index contributed by atoms with van der Waals surface area (Å²) in [4.78, 5) is 3.93. The van der Waals surface area contributed by atoms with E-state index in [0.717, 1.165) is 44.7 Å².